The maximum atomic E-state index is 13.0. The van der Waals surface area contributed by atoms with Crippen LogP contribution in [0.3, 0.4) is 0 Å². The first kappa shape index (κ1) is 20.6. The third kappa shape index (κ3) is 4.55. The Balaban J connectivity index is 1.42. The number of carbonyl (C=O) groups excluding carboxylic acids is 1. The van der Waals surface area contributed by atoms with Gasteiger partial charge in [-0.2, -0.15) is 0 Å². The highest BCUT2D eigenvalue weighted by Gasteiger charge is 2.32. The van der Waals surface area contributed by atoms with Crippen molar-refractivity contribution < 1.29 is 31.8 Å². The fraction of sp³-hybridized carbons (Fsp3) is 0.350. The van der Waals surface area contributed by atoms with Gasteiger partial charge in [-0.3, -0.25) is 4.79 Å². The van der Waals surface area contributed by atoms with Crippen molar-refractivity contribution in [3.63, 3.8) is 0 Å². The molecule has 1 amide bonds. The highest BCUT2D eigenvalue weighted by Crippen LogP contribution is 2.34. The van der Waals surface area contributed by atoms with Gasteiger partial charge >= 0.3 is 0 Å². The largest absolute Gasteiger partial charge is 0.485 e. The average molecular weight is 436 g/mol. The maximum Gasteiger partial charge on any atom is 0.267 e. The number of carbonyl (C=O) groups is 1. The van der Waals surface area contributed by atoms with Crippen LogP contribution in [0.25, 0.3) is 0 Å². The molecule has 160 valence electrons. The lowest BCUT2D eigenvalue weighted by molar-refractivity contribution is -0.145. The van der Waals surface area contributed by atoms with Gasteiger partial charge in [0, 0.05) is 25.7 Å². The summed E-state index contributed by atoms with van der Waals surface area (Å²) in [7, 11) is -3.82. The van der Waals surface area contributed by atoms with Gasteiger partial charge in [-0.05, 0) is 29.8 Å². The highest BCUT2D eigenvalue weighted by atomic mass is 32.2. The minimum atomic E-state index is -3.82. The summed E-state index contributed by atoms with van der Waals surface area (Å²) in [5.41, 5.74) is 0.627. The predicted molar refractivity (Wildman–Crippen MR) is 104 cm³/mol. The normalized spacial score (nSPS) is 18.8. The van der Waals surface area contributed by atoms with E-state index in [9.17, 15) is 17.6 Å². The second-order valence-electron chi connectivity index (χ2n) is 6.91. The Kier molecular flexibility index (Phi) is 5.89. The first-order valence-electron chi connectivity index (χ1n) is 9.46. The summed E-state index contributed by atoms with van der Waals surface area (Å²) in [5.74, 6) is -0.00325. The van der Waals surface area contributed by atoms with Crippen LogP contribution in [0.1, 0.15) is 5.56 Å². The van der Waals surface area contributed by atoms with Gasteiger partial charge in [-0.15, -0.1) is 0 Å². The molecule has 2 heterocycles. The molecule has 0 bridgehead atoms. The van der Waals surface area contributed by atoms with Crippen LogP contribution in [-0.4, -0.2) is 58.2 Å². The van der Waals surface area contributed by atoms with E-state index >= 15 is 0 Å². The second-order valence-corrected chi connectivity index (χ2v) is 8.68. The monoisotopic (exact) mass is 436 g/mol. The third-order valence-corrected chi connectivity index (χ3v) is 6.26. The molecule has 2 aromatic rings. The predicted octanol–water partition coefficient (Wildman–Crippen LogP) is 1.30. The molecule has 0 aliphatic carbocycles. The maximum absolute atomic E-state index is 13.0. The summed E-state index contributed by atoms with van der Waals surface area (Å²) in [6.07, 6.45) is -0.783. The zero-order valence-corrected chi connectivity index (χ0v) is 16.9. The first-order valence-corrected chi connectivity index (χ1v) is 10.9. The molecule has 0 aromatic heterocycles. The Hall–Kier alpha value is -2.69. The number of benzene rings is 2. The van der Waals surface area contributed by atoms with Crippen molar-refractivity contribution in [2.24, 2.45) is 0 Å². The Morgan fingerprint density at radius 1 is 1.10 bits per heavy atom. The van der Waals surface area contributed by atoms with Gasteiger partial charge in [0.25, 0.3) is 5.91 Å². The molecule has 1 fully saturated rings. The van der Waals surface area contributed by atoms with Crippen molar-refractivity contribution in [2.45, 2.75) is 17.5 Å². The Labute approximate surface area is 173 Å². The molecular formula is C20H21FN2O6S. The summed E-state index contributed by atoms with van der Waals surface area (Å²) in [5, 5.41) is 0. The lowest BCUT2D eigenvalue weighted by Crippen LogP contribution is -2.50. The summed E-state index contributed by atoms with van der Waals surface area (Å²) in [6.45, 7) is 2.00. The fourth-order valence-electron chi connectivity index (χ4n) is 3.19. The Morgan fingerprint density at radius 2 is 1.83 bits per heavy atom. The van der Waals surface area contributed by atoms with Crippen molar-refractivity contribution in [3.8, 4) is 11.5 Å². The average Bonchev–Trinajstić information content (AvgIpc) is 2.78. The van der Waals surface area contributed by atoms with E-state index in [1.807, 2.05) is 0 Å². The van der Waals surface area contributed by atoms with E-state index in [1.54, 1.807) is 4.90 Å². The lowest BCUT2D eigenvalue weighted by atomic mass is 10.2. The van der Waals surface area contributed by atoms with Crippen LogP contribution in [0.5, 0.6) is 11.5 Å². The van der Waals surface area contributed by atoms with E-state index in [0.29, 0.717) is 37.6 Å². The zero-order chi connectivity index (χ0) is 21.1. The van der Waals surface area contributed by atoms with Crippen molar-refractivity contribution in [3.05, 3.63) is 53.8 Å². The van der Waals surface area contributed by atoms with Crippen molar-refractivity contribution in [1.29, 1.82) is 0 Å². The lowest BCUT2D eigenvalue weighted by Gasteiger charge is -2.32. The number of morpholine rings is 1. The molecular weight excluding hydrogens is 415 g/mol. The highest BCUT2D eigenvalue weighted by molar-refractivity contribution is 7.89. The van der Waals surface area contributed by atoms with Crippen molar-refractivity contribution >= 4 is 15.9 Å². The number of sulfonamides is 1. The molecule has 10 heteroatoms. The number of ether oxygens (including phenoxy) is 3. The molecule has 1 atom stereocenters. The number of rotatable bonds is 5. The van der Waals surface area contributed by atoms with E-state index in [4.69, 9.17) is 14.2 Å². The van der Waals surface area contributed by atoms with Crippen LogP contribution in [0.2, 0.25) is 0 Å². The van der Waals surface area contributed by atoms with Crippen LogP contribution in [0.4, 0.5) is 4.39 Å². The number of nitrogens with zero attached hydrogens (tertiary/aromatic N) is 1. The smallest absolute Gasteiger partial charge is 0.267 e. The molecule has 0 saturated carbocycles. The molecule has 4 rings (SSSR count). The van der Waals surface area contributed by atoms with E-state index in [0.717, 1.165) is 0 Å². The molecule has 2 aliphatic heterocycles. The summed E-state index contributed by atoms with van der Waals surface area (Å²) in [4.78, 5) is 14.2. The number of nitrogens with one attached hydrogen (secondary N) is 1. The van der Waals surface area contributed by atoms with Gasteiger partial charge in [-0.25, -0.2) is 17.5 Å². The quantitative estimate of drug-likeness (QED) is 0.760. The SMILES string of the molecule is O=C([C@H]1COc2cc(S(=O)(=O)NCc3ccc(F)cc3)ccc2O1)N1CCOCC1. The fourth-order valence-corrected chi connectivity index (χ4v) is 4.22. The Bertz CT molecular complexity index is 1020. The van der Waals surface area contributed by atoms with Gasteiger partial charge in [0.05, 0.1) is 18.1 Å². The van der Waals surface area contributed by atoms with Gasteiger partial charge in [0.2, 0.25) is 16.1 Å². The van der Waals surface area contributed by atoms with Crippen LogP contribution in [-0.2, 0) is 26.1 Å². The van der Waals surface area contributed by atoms with Crippen molar-refractivity contribution in [1.82, 2.24) is 9.62 Å². The van der Waals surface area contributed by atoms with Gasteiger partial charge in [0.15, 0.2) is 11.5 Å². The molecule has 0 unspecified atom stereocenters. The topological polar surface area (TPSA) is 94.2 Å². The number of hydrogen-bond donors (Lipinski definition) is 1. The molecule has 2 aromatic carbocycles. The number of amides is 1. The summed E-state index contributed by atoms with van der Waals surface area (Å²) >= 11 is 0. The number of halogens is 1. The zero-order valence-electron chi connectivity index (χ0n) is 16.0. The van der Waals surface area contributed by atoms with E-state index < -0.39 is 16.1 Å². The standard InChI is InChI=1S/C20H21FN2O6S/c21-15-3-1-14(2-4-15)12-22-30(25,26)16-5-6-17-18(11-16)28-13-19(29-17)20(24)23-7-9-27-10-8-23/h1-6,11,19,22H,7-10,12-13H2/t19-/m1/s1. The molecule has 0 radical (unpaired) electrons. The van der Waals surface area contributed by atoms with E-state index in [1.165, 1.54) is 42.5 Å². The van der Waals surface area contributed by atoms with Gasteiger partial charge in [-0.1, -0.05) is 12.1 Å². The third-order valence-electron chi connectivity index (χ3n) is 4.86. The molecule has 2 aliphatic rings. The minimum absolute atomic E-state index is 0.00427. The van der Waals surface area contributed by atoms with Gasteiger partial charge < -0.3 is 19.1 Å². The summed E-state index contributed by atoms with van der Waals surface area (Å²) in [6, 6.07) is 9.76. The number of hydrogen-bond acceptors (Lipinski definition) is 6. The van der Waals surface area contributed by atoms with Gasteiger partial charge in [0.1, 0.15) is 12.4 Å². The van der Waals surface area contributed by atoms with Crippen LogP contribution in [0, 0.1) is 5.82 Å². The minimum Gasteiger partial charge on any atom is -0.485 e. The number of fused-ring (bicyclic) bond motifs is 1. The van der Waals surface area contributed by atoms with Crippen LogP contribution in [0.15, 0.2) is 47.4 Å². The summed E-state index contributed by atoms with van der Waals surface area (Å²) < 4.78 is 57.2. The molecule has 8 nitrogen and oxygen atoms in total. The molecule has 30 heavy (non-hydrogen) atoms. The van der Waals surface area contributed by atoms with Crippen molar-refractivity contribution in [2.75, 3.05) is 32.9 Å². The Morgan fingerprint density at radius 3 is 2.57 bits per heavy atom. The van der Waals surface area contributed by atoms with E-state index in [-0.39, 0.29) is 35.5 Å². The van der Waals surface area contributed by atoms with Crippen LogP contribution >= 0.6 is 0 Å². The first-order chi connectivity index (χ1) is 14.4. The molecule has 1 N–H and O–H groups in total. The second kappa shape index (κ2) is 8.58. The molecule has 1 saturated heterocycles. The van der Waals surface area contributed by atoms with Crippen LogP contribution < -0.4 is 14.2 Å². The molecule has 0 spiro atoms. The van der Waals surface area contributed by atoms with E-state index in [2.05, 4.69) is 4.72 Å².